The summed E-state index contributed by atoms with van der Waals surface area (Å²) in [6.07, 6.45) is -1.70. The van der Waals surface area contributed by atoms with Gasteiger partial charge in [-0.2, -0.15) is 5.26 Å². The van der Waals surface area contributed by atoms with Gasteiger partial charge in [0, 0.05) is 21.9 Å². The Bertz CT molecular complexity index is 2830. The van der Waals surface area contributed by atoms with Crippen LogP contribution >= 0.6 is 0 Å². The van der Waals surface area contributed by atoms with Crippen molar-refractivity contribution in [2.75, 3.05) is 0 Å². The molecule has 1 atom stereocenters. The van der Waals surface area contributed by atoms with Gasteiger partial charge in [0.25, 0.3) is 0 Å². The van der Waals surface area contributed by atoms with E-state index in [4.69, 9.17) is 23.3 Å². The van der Waals surface area contributed by atoms with E-state index in [1.807, 2.05) is 0 Å². The fraction of sp³-hybridized carbons (Fsp3) is 0.0294. The third kappa shape index (κ3) is 3.96. The number of hydrogen-bond donors (Lipinski definition) is 1. The van der Waals surface area contributed by atoms with Crippen molar-refractivity contribution in [2.45, 2.75) is 6.17 Å². The zero-order chi connectivity index (χ0) is 41.0. The second kappa shape index (κ2) is 9.44. The van der Waals surface area contributed by atoms with E-state index >= 15 is 0 Å². The maximum Gasteiger partial charge on any atom is 0.169 e. The van der Waals surface area contributed by atoms with Gasteiger partial charge in [0.1, 0.15) is 11.7 Å². The molecule has 7 rings (SSSR count). The highest BCUT2D eigenvalue weighted by molar-refractivity contribution is 6.18. The largest absolute Gasteiger partial charge is 0.324 e. The number of nitrogens with one attached hydrogen (secondary N) is 1. The number of hydrogen-bond acceptors (Lipinski definition) is 4. The molecule has 0 radical (unpaired) electrons. The second-order valence-corrected chi connectivity index (χ2v) is 8.15. The molecule has 1 aromatic heterocycles. The summed E-state index contributed by atoms with van der Waals surface area (Å²) in [7, 11) is 0. The molecule has 0 bridgehead atoms. The molecule has 1 unspecified atom stereocenters. The second-order valence-electron chi connectivity index (χ2n) is 8.15. The summed E-state index contributed by atoms with van der Waals surface area (Å²) >= 11 is 0. The summed E-state index contributed by atoms with van der Waals surface area (Å²) in [5.74, 6) is -0.622. The van der Waals surface area contributed by atoms with E-state index in [1.54, 1.807) is 6.07 Å². The van der Waals surface area contributed by atoms with Crippen molar-refractivity contribution in [2.24, 2.45) is 9.98 Å². The van der Waals surface area contributed by atoms with Crippen LogP contribution in [0.15, 0.2) is 137 Å². The number of aliphatic imine (C=N–C) groups is 2. The Kier molecular flexibility index (Phi) is 2.69. The summed E-state index contributed by atoms with van der Waals surface area (Å²) in [5, 5.41) is 12.4. The Labute approximate surface area is 249 Å². The van der Waals surface area contributed by atoms with Crippen LogP contribution in [-0.4, -0.2) is 16.2 Å². The number of para-hydroxylation sites is 2. The van der Waals surface area contributed by atoms with Crippen LogP contribution in [0.1, 0.15) is 51.7 Å². The Morgan fingerprint density at radius 3 is 2.26 bits per heavy atom. The predicted molar refractivity (Wildman–Crippen MR) is 157 cm³/mol. The van der Waals surface area contributed by atoms with Crippen molar-refractivity contribution in [1.82, 2.24) is 9.88 Å². The number of rotatable bonds is 4. The molecule has 0 aliphatic carbocycles. The molecule has 5 heteroatoms. The standard InChI is InChI=1S/C34H23N5/c35-22-23-19-20-27-26-15-7-9-17-29(26)39(31(27)21-23)30-18-10-8-16-28(30)34-37-32(24-11-3-1-4-12-24)36-33(38-34)25-13-5-2-6-14-25/h1-21,32H,(H,36,37,38)/i1D,2D,3D,4D,5D,6D,7D,9D,11D,12D,13D,14D,15D,17D,19D,20D,21D. The molecule has 5 nitrogen and oxygen atoms in total. The highest BCUT2D eigenvalue weighted by Gasteiger charge is 2.23. The zero-order valence-corrected chi connectivity index (χ0v) is 19.7. The van der Waals surface area contributed by atoms with Gasteiger partial charge in [-0.1, -0.05) is 96.7 Å². The number of nitrogens with zero attached hydrogens (tertiary/aromatic N) is 4. The topological polar surface area (TPSA) is 65.5 Å². The summed E-state index contributed by atoms with van der Waals surface area (Å²) < 4.78 is 146. The Morgan fingerprint density at radius 1 is 0.744 bits per heavy atom. The highest BCUT2D eigenvalue weighted by Crippen LogP contribution is 2.34. The highest BCUT2D eigenvalue weighted by atomic mass is 15.2. The van der Waals surface area contributed by atoms with Crippen molar-refractivity contribution in [3.63, 3.8) is 0 Å². The average molecular weight is 519 g/mol. The van der Waals surface area contributed by atoms with Crippen molar-refractivity contribution >= 4 is 33.5 Å². The molecule has 1 aliphatic rings. The lowest BCUT2D eigenvalue weighted by Gasteiger charge is -2.24. The van der Waals surface area contributed by atoms with E-state index < -0.39 is 131 Å². The van der Waals surface area contributed by atoms with Crippen molar-refractivity contribution in [1.29, 1.82) is 5.26 Å². The van der Waals surface area contributed by atoms with E-state index in [0.717, 1.165) is 0 Å². The molecule has 0 saturated heterocycles. The molecule has 39 heavy (non-hydrogen) atoms. The van der Waals surface area contributed by atoms with Gasteiger partial charge in [-0.15, -0.1) is 0 Å². The molecular formula is C34H23N5. The number of benzene rings is 5. The molecule has 0 amide bonds. The average Bonchev–Trinajstić information content (AvgIpc) is 3.55. The summed E-state index contributed by atoms with van der Waals surface area (Å²) in [6, 6.07) is -3.56. The molecule has 0 fully saturated rings. The van der Waals surface area contributed by atoms with Gasteiger partial charge < -0.3 is 9.88 Å². The molecular weight excluding hydrogens is 478 g/mol. The van der Waals surface area contributed by atoms with Crippen molar-refractivity contribution in [3.05, 3.63) is 149 Å². The van der Waals surface area contributed by atoms with Crippen LogP contribution in [-0.2, 0) is 0 Å². The first-order valence-corrected chi connectivity index (χ1v) is 11.5. The van der Waals surface area contributed by atoms with E-state index in [1.165, 1.54) is 28.8 Å². The number of amidine groups is 2. The Morgan fingerprint density at radius 2 is 1.44 bits per heavy atom. The van der Waals surface area contributed by atoms with E-state index in [-0.39, 0.29) is 38.9 Å². The molecule has 184 valence electrons. The maximum absolute atomic E-state index is 9.95. The monoisotopic (exact) mass is 518 g/mol. The number of fused-ring (bicyclic) bond motifs is 3. The first-order chi connectivity index (χ1) is 26.4. The van der Waals surface area contributed by atoms with E-state index in [2.05, 4.69) is 15.3 Å². The van der Waals surface area contributed by atoms with Gasteiger partial charge in [0.05, 0.1) is 51.7 Å². The minimum absolute atomic E-state index is 0.0143. The van der Waals surface area contributed by atoms with E-state index in [9.17, 15) is 5.26 Å². The van der Waals surface area contributed by atoms with Crippen molar-refractivity contribution < 1.29 is 23.3 Å². The quantitative estimate of drug-likeness (QED) is 0.269. The summed E-state index contributed by atoms with van der Waals surface area (Å²) in [6.45, 7) is 0. The normalized spacial score (nSPS) is 21.0. The summed E-state index contributed by atoms with van der Waals surface area (Å²) in [5.41, 5.74) is -1.78. The van der Waals surface area contributed by atoms with Crippen molar-refractivity contribution in [3.8, 4) is 11.8 Å². The lowest BCUT2D eigenvalue weighted by Crippen LogP contribution is -2.36. The minimum Gasteiger partial charge on any atom is -0.324 e. The maximum atomic E-state index is 9.95. The van der Waals surface area contributed by atoms with Crippen LogP contribution in [0.25, 0.3) is 27.5 Å². The molecule has 2 heterocycles. The molecule has 5 aromatic carbocycles. The van der Waals surface area contributed by atoms with Gasteiger partial charge >= 0.3 is 0 Å². The first kappa shape index (κ1) is 11.1. The zero-order valence-electron chi connectivity index (χ0n) is 36.7. The minimum atomic E-state index is -1.70. The van der Waals surface area contributed by atoms with Crippen LogP contribution in [0.4, 0.5) is 0 Å². The molecule has 6 aromatic rings. The Balaban J connectivity index is 1.62. The molecule has 1 N–H and O–H groups in total. The lowest BCUT2D eigenvalue weighted by molar-refractivity contribution is 0.755. The summed E-state index contributed by atoms with van der Waals surface area (Å²) in [4.78, 5) is 9.04. The predicted octanol–water partition coefficient (Wildman–Crippen LogP) is 7.15. The molecule has 0 saturated carbocycles. The fourth-order valence-electron chi connectivity index (χ4n) is 4.28. The van der Waals surface area contributed by atoms with Gasteiger partial charge in [0.15, 0.2) is 6.17 Å². The third-order valence-corrected chi connectivity index (χ3v) is 5.92. The fourth-order valence-corrected chi connectivity index (χ4v) is 4.28. The molecule has 0 spiro atoms. The Hall–Kier alpha value is -5.47. The van der Waals surface area contributed by atoms with Crippen LogP contribution in [0, 0.1) is 11.3 Å². The van der Waals surface area contributed by atoms with Crippen LogP contribution in [0.3, 0.4) is 0 Å². The first-order valence-electron chi connectivity index (χ1n) is 20.0. The van der Waals surface area contributed by atoms with Gasteiger partial charge in [-0.3, -0.25) is 0 Å². The van der Waals surface area contributed by atoms with Gasteiger partial charge in [0.2, 0.25) is 0 Å². The smallest absolute Gasteiger partial charge is 0.169 e. The number of aromatic nitrogens is 1. The number of nitriles is 1. The van der Waals surface area contributed by atoms with E-state index in [0.29, 0.717) is 0 Å². The van der Waals surface area contributed by atoms with Gasteiger partial charge in [-0.25, -0.2) is 9.98 Å². The van der Waals surface area contributed by atoms with Crippen LogP contribution in [0.5, 0.6) is 0 Å². The van der Waals surface area contributed by atoms with Crippen LogP contribution in [0.2, 0.25) is 0 Å². The lowest BCUT2D eigenvalue weighted by atomic mass is 10.1. The SMILES string of the molecule is [2H]c1c([2H])c([2H])c(C2=NC(c3c([2H])c([2H])c([2H])c([2H])c3[2H])N=C(c3ccccc3-n3c4c([2H])c([2H])c([2H])c([2H])c4c4c([2H])c([2H])c(C#N)c([2H])c43)N2)c([2H])c1[2H]. The van der Waals surface area contributed by atoms with Crippen LogP contribution < -0.4 is 5.32 Å². The molecule has 1 aliphatic heterocycles. The third-order valence-electron chi connectivity index (χ3n) is 5.92. The van der Waals surface area contributed by atoms with Gasteiger partial charge in [-0.05, 0) is 35.8 Å².